The first kappa shape index (κ1) is 21.3. The van der Waals surface area contributed by atoms with Gasteiger partial charge >= 0.3 is 0 Å². The van der Waals surface area contributed by atoms with Gasteiger partial charge in [0.25, 0.3) is 11.8 Å². The van der Waals surface area contributed by atoms with E-state index in [1.807, 2.05) is 6.07 Å². The maximum atomic E-state index is 12.6. The molecule has 29 heavy (non-hydrogen) atoms. The highest BCUT2D eigenvalue weighted by Gasteiger charge is 2.24. The topological polar surface area (TPSA) is 93.4 Å². The first-order valence-corrected chi connectivity index (χ1v) is 10.9. The van der Waals surface area contributed by atoms with Crippen LogP contribution in [0.2, 0.25) is 0 Å². The predicted molar refractivity (Wildman–Crippen MR) is 120 cm³/mol. The maximum absolute atomic E-state index is 12.6. The van der Waals surface area contributed by atoms with Gasteiger partial charge in [0.05, 0.1) is 12.2 Å². The number of primary amides is 1. The fraction of sp³-hybridized carbons (Fsp3) is 0.381. The minimum atomic E-state index is -0.476. The van der Waals surface area contributed by atoms with Gasteiger partial charge < -0.3 is 15.8 Å². The lowest BCUT2D eigenvalue weighted by Crippen LogP contribution is -2.34. The van der Waals surface area contributed by atoms with Crippen molar-refractivity contribution in [2.24, 2.45) is 11.7 Å². The van der Waals surface area contributed by atoms with E-state index in [1.54, 1.807) is 18.2 Å². The van der Waals surface area contributed by atoms with Crippen LogP contribution in [0.1, 0.15) is 57.8 Å². The second kappa shape index (κ2) is 9.37. The quantitative estimate of drug-likeness (QED) is 0.604. The van der Waals surface area contributed by atoms with Gasteiger partial charge in [-0.15, -0.1) is 11.3 Å². The summed E-state index contributed by atoms with van der Waals surface area (Å²) >= 11 is 6.78. The van der Waals surface area contributed by atoms with Crippen LogP contribution in [0.4, 0.5) is 5.00 Å². The Labute approximate surface area is 179 Å². The number of hydrogen-bond acceptors (Lipinski definition) is 5. The molecule has 1 aliphatic carbocycles. The Bertz CT molecular complexity index is 937. The van der Waals surface area contributed by atoms with Gasteiger partial charge in [-0.25, -0.2) is 0 Å². The lowest BCUT2D eigenvalue weighted by Gasteiger charge is -2.12. The van der Waals surface area contributed by atoms with E-state index in [4.69, 9.17) is 22.7 Å². The molecule has 0 radical (unpaired) electrons. The van der Waals surface area contributed by atoms with Gasteiger partial charge in [-0.2, -0.15) is 0 Å². The largest absolute Gasteiger partial charge is 0.493 e. The molecule has 0 fully saturated rings. The van der Waals surface area contributed by atoms with Gasteiger partial charge in [-0.1, -0.05) is 19.9 Å². The molecule has 154 valence electrons. The van der Waals surface area contributed by atoms with Crippen molar-refractivity contribution >= 4 is 45.5 Å². The molecule has 6 nitrogen and oxygen atoms in total. The van der Waals surface area contributed by atoms with E-state index in [0.717, 1.165) is 36.1 Å². The Hall–Kier alpha value is -2.45. The van der Waals surface area contributed by atoms with E-state index in [1.165, 1.54) is 11.3 Å². The fourth-order valence-corrected chi connectivity index (χ4v) is 4.77. The molecule has 1 aromatic carbocycles. The number of ether oxygens (including phenoxy) is 1. The number of carbonyl (C=O) groups excluding carboxylic acids is 2. The van der Waals surface area contributed by atoms with Crippen LogP contribution in [0.5, 0.6) is 5.75 Å². The summed E-state index contributed by atoms with van der Waals surface area (Å²) in [6.07, 6.45) is 3.92. The molecule has 1 aliphatic rings. The number of nitrogens with one attached hydrogen (secondary N) is 2. The minimum absolute atomic E-state index is 0.129. The standard InChI is InChI=1S/C21H25N3O3S2/c1-12(2)11-27-14-7-5-6-13(10-14)19(26)23-21(28)24-20-17(18(22)25)15-8-3-4-9-16(15)29-20/h5-7,10,12H,3-4,8-9,11H2,1-2H3,(H2,22,25)(H2,23,24,26,28). The lowest BCUT2D eigenvalue weighted by molar-refractivity contribution is 0.0975. The summed E-state index contributed by atoms with van der Waals surface area (Å²) < 4.78 is 5.67. The van der Waals surface area contributed by atoms with Gasteiger partial charge in [-0.05, 0) is 67.6 Å². The first-order valence-electron chi connectivity index (χ1n) is 9.64. The molecule has 3 rings (SSSR count). The Balaban J connectivity index is 1.68. The number of carbonyl (C=O) groups is 2. The van der Waals surface area contributed by atoms with Crippen LogP contribution in [0, 0.1) is 5.92 Å². The average molecular weight is 432 g/mol. The Morgan fingerprint density at radius 1 is 1.28 bits per heavy atom. The minimum Gasteiger partial charge on any atom is -0.493 e. The summed E-state index contributed by atoms with van der Waals surface area (Å²) in [6, 6.07) is 6.95. The normalized spacial score (nSPS) is 12.9. The lowest BCUT2D eigenvalue weighted by atomic mass is 9.95. The molecule has 0 saturated carbocycles. The average Bonchev–Trinajstić information content (AvgIpc) is 3.04. The monoisotopic (exact) mass is 431 g/mol. The van der Waals surface area contributed by atoms with Crippen molar-refractivity contribution < 1.29 is 14.3 Å². The first-order chi connectivity index (χ1) is 13.8. The Morgan fingerprint density at radius 3 is 2.76 bits per heavy atom. The van der Waals surface area contributed by atoms with Gasteiger partial charge in [0.15, 0.2) is 5.11 Å². The van der Waals surface area contributed by atoms with E-state index in [9.17, 15) is 9.59 Å². The van der Waals surface area contributed by atoms with Crippen molar-refractivity contribution in [2.75, 3.05) is 11.9 Å². The predicted octanol–water partition coefficient (Wildman–Crippen LogP) is 3.89. The summed E-state index contributed by atoms with van der Waals surface area (Å²) in [5.74, 6) is 0.197. The Kier molecular flexibility index (Phi) is 6.87. The number of rotatable bonds is 6. The van der Waals surface area contributed by atoms with Gasteiger partial charge in [0, 0.05) is 10.4 Å². The summed E-state index contributed by atoms with van der Waals surface area (Å²) in [6.45, 7) is 4.69. The third-order valence-electron chi connectivity index (χ3n) is 4.55. The molecule has 8 heteroatoms. The molecular formula is C21H25N3O3S2. The van der Waals surface area contributed by atoms with E-state index in [2.05, 4.69) is 24.5 Å². The van der Waals surface area contributed by atoms with Crippen LogP contribution in [-0.4, -0.2) is 23.5 Å². The molecule has 0 bridgehead atoms. The summed E-state index contributed by atoms with van der Waals surface area (Å²) in [5, 5.41) is 6.38. The van der Waals surface area contributed by atoms with Crippen LogP contribution in [0.25, 0.3) is 0 Å². The number of thiophene rings is 1. The number of hydrogen-bond donors (Lipinski definition) is 3. The molecule has 4 N–H and O–H groups in total. The van der Waals surface area contributed by atoms with Crippen LogP contribution in [-0.2, 0) is 12.8 Å². The summed E-state index contributed by atoms with van der Waals surface area (Å²) in [5.41, 5.74) is 7.55. The number of anilines is 1. The highest BCUT2D eigenvalue weighted by molar-refractivity contribution is 7.80. The highest BCUT2D eigenvalue weighted by atomic mass is 32.1. The van der Waals surface area contributed by atoms with Crippen molar-refractivity contribution in [2.45, 2.75) is 39.5 Å². The third-order valence-corrected chi connectivity index (χ3v) is 5.96. The highest BCUT2D eigenvalue weighted by Crippen LogP contribution is 2.37. The molecule has 0 spiro atoms. The van der Waals surface area contributed by atoms with Crippen LogP contribution in [0.15, 0.2) is 24.3 Å². The summed E-state index contributed by atoms with van der Waals surface area (Å²) in [4.78, 5) is 25.7. The van der Waals surface area contributed by atoms with Gasteiger partial charge in [0.1, 0.15) is 10.8 Å². The number of thiocarbonyl (C=S) groups is 1. The number of fused-ring (bicyclic) bond motifs is 1. The van der Waals surface area contributed by atoms with E-state index in [-0.39, 0.29) is 11.0 Å². The molecule has 0 aliphatic heterocycles. The molecule has 2 aromatic rings. The summed E-state index contributed by atoms with van der Waals surface area (Å²) in [7, 11) is 0. The number of benzene rings is 1. The SMILES string of the molecule is CC(C)COc1cccc(C(=O)NC(=S)Nc2sc3c(c2C(N)=O)CCCC3)c1. The smallest absolute Gasteiger partial charge is 0.257 e. The Morgan fingerprint density at radius 2 is 2.03 bits per heavy atom. The number of nitrogens with two attached hydrogens (primary N) is 1. The van der Waals surface area contributed by atoms with E-state index < -0.39 is 5.91 Å². The third kappa shape index (κ3) is 5.33. The van der Waals surface area contributed by atoms with Gasteiger partial charge in [-0.3, -0.25) is 14.9 Å². The number of aryl methyl sites for hydroxylation is 1. The zero-order valence-electron chi connectivity index (χ0n) is 16.5. The molecule has 2 amide bonds. The zero-order valence-corrected chi connectivity index (χ0v) is 18.2. The number of amides is 2. The molecular weight excluding hydrogens is 406 g/mol. The van der Waals surface area contributed by atoms with Crippen LogP contribution < -0.4 is 21.1 Å². The molecule has 1 heterocycles. The van der Waals surface area contributed by atoms with E-state index >= 15 is 0 Å². The molecule has 0 saturated heterocycles. The molecule has 0 atom stereocenters. The van der Waals surface area contributed by atoms with Crippen molar-refractivity contribution in [3.05, 3.63) is 45.8 Å². The van der Waals surface area contributed by atoms with Crippen molar-refractivity contribution in [1.29, 1.82) is 0 Å². The molecule has 0 unspecified atom stereocenters. The van der Waals surface area contributed by atoms with Crippen molar-refractivity contribution in [3.8, 4) is 5.75 Å². The van der Waals surface area contributed by atoms with E-state index in [0.29, 0.717) is 34.4 Å². The van der Waals surface area contributed by atoms with Gasteiger partial charge in [0.2, 0.25) is 0 Å². The zero-order chi connectivity index (χ0) is 21.0. The maximum Gasteiger partial charge on any atom is 0.257 e. The van der Waals surface area contributed by atoms with Crippen LogP contribution in [0.3, 0.4) is 0 Å². The second-order valence-corrected chi connectivity index (χ2v) is 8.93. The van der Waals surface area contributed by atoms with Crippen LogP contribution >= 0.6 is 23.6 Å². The second-order valence-electron chi connectivity index (χ2n) is 7.42. The molecule has 1 aromatic heterocycles. The van der Waals surface area contributed by atoms with Crippen molar-refractivity contribution in [3.63, 3.8) is 0 Å². The fourth-order valence-electron chi connectivity index (χ4n) is 3.21. The van der Waals surface area contributed by atoms with Crippen molar-refractivity contribution in [1.82, 2.24) is 5.32 Å².